The molecule has 0 amide bonds. The molecule has 1 saturated heterocycles. The van der Waals surface area contributed by atoms with Crippen LogP contribution in [-0.4, -0.2) is 43.7 Å². The van der Waals surface area contributed by atoms with Gasteiger partial charge in [-0.3, -0.25) is 4.99 Å². The minimum absolute atomic E-state index is 0. The van der Waals surface area contributed by atoms with E-state index >= 15 is 0 Å². The first-order chi connectivity index (χ1) is 13.6. The number of benzene rings is 1. The van der Waals surface area contributed by atoms with Gasteiger partial charge in [-0.25, -0.2) is 9.37 Å². The Labute approximate surface area is 184 Å². The number of aliphatic imine (C=N–C) groups is 1. The largest absolute Gasteiger partial charge is 0.434 e. The molecule has 1 unspecified atom stereocenters. The van der Waals surface area contributed by atoms with Crippen molar-refractivity contribution in [2.45, 2.75) is 25.6 Å². The number of ether oxygens (including phenoxy) is 1. The van der Waals surface area contributed by atoms with E-state index in [0.717, 1.165) is 6.42 Å². The van der Waals surface area contributed by atoms with Crippen LogP contribution in [0.15, 0.2) is 47.6 Å². The number of pyridine rings is 1. The van der Waals surface area contributed by atoms with Crippen LogP contribution in [0.4, 0.5) is 19.0 Å². The predicted molar refractivity (Wildman–Crippen MR) is 117 cm³/mol. The first-order valence-electron chi connectivity index (χ1n) is 8.92. The molecule has 0 aliphatic carbocycles. The summed E-state index contributed by atoms with van der Waals surface area (Å²) in [5.41, 5.74) is 0.592. The Morgan fingerprint density at radius 1 is 1.31 bits per heavy atom. The fourth-order valence-electron chi connectivity index (χ4n) is 3.11. The van der Waals surface area contributed by atoms with Gasteiger partial charge in [-0.2, -0.15) is 8.78 Å². The number of aromatic nitrogens is 1. The Bertz CT molecular complexity index is 824. The summed E-state index contributed by atoms with van der Waals surface area (Å²) in [6.07, 6.45) is 2.36. The molecule has 0 spiro atoms. The van der Waals surface area contributed by atoms with Crippen molar-refractivity contribution in [1.82, 2.24) is 15.6 Å². The highest BCUT2D eigenvalue weighted by atomic mass is 127. The van der Waals surface area contributed by atoms with Gasteiger partial charge < -0.3 is 20.3 Å². The highest BCUT2D eigenvalue weighted by Crippen LogP contribution is 2.21. The lowest BCUT2D eigenvalue weighted by Gasteiger charge is -2.20. The third-order valence-corrected chi connectivity index (χ3v) is 4.43. The van der Waals surface area contributed by atoms with Crippen molar-refractivity contribution in [2.24, 2.45) is 4.99 Å². The van der Waals surface area contributed by atoms with Gasteiger partial charge in [0.15, 0.2) is 17.6 Å². The summed E-state index contributed by atoms with van der Waals surface area (Å²) in [5.74, 6) is 0.646. The topological polar surface area (TPSA) is 61.8 Å². The SMILES string of the molecule is CN=C(NCc1ccccc1OC(F)F)NC1CCN(c2ncccc2F)C1.I. The second kappa shape index (κ2) is 11.1. The van der Waals surface area contributed by atoms with E-state index in [9.17, 15) is 13.2 Å². The predicted octanol–water partition coefficient (Wildman–Crippen LogP) is 3.38. The lowest BCUT2D eigenvalue weighted by Crippen LogP contribution is -2.44. The highest BCUT2D eigenvalue weighted by molar-refractivity contribution is 14.0. The number of halogens is 4. The van der Waals surface area contributed by atoms with E-state index in [2.05, 4.69) is 25.3 Å². The molecule has 3 rings (SSSR count). The molecule has 1 aliphatic heterocycles. The van der Waals surface area contributed by atoms with Crippen molar-refractivity contribution in [3.63, 3.8) is 0 Å². The minimum Gasteiger partial charge on any atom is -0.434 e. The fraction of sp³-hybridized carbons (Fsp3) is 0.368. The third-order valence-electron chi connectivity index (χ3n) is 4.43. The lowest BCUT2D eigenvalue weighted by atomic mass is 10.2. The normalized spacial score (nSPS) is 16.5. The van der Waals surface area contributed by atoms with Gasteiger partial charge in [0.1, 0.15) is 5.75 Å². The lowest BCUT2D eigenvalue weighted by molar-refractivity contribution is -0.0504. The van der Waals surface area contributed by atoms with Crippen LogP contribution in [0.2, 0.25) is 0 Å². The van der Waals surface area contributed by atoms with Gasteiger partial charge in [0.2, 0.25) is 0 Å². The van der Waals surface area contributed by atoms with E-state index in [-0.39, 0.29) is 48.1 Å². The summed E-state index contributed by atoms with van der Waals surface area (Å²) in [4.78, 5) is 10.2. The maximum atomic E-state index is 13.9. The zero-order valence-corrected chi connectivity index (χ0v) is 18.1. The summed E-state index contributed by atoms with van der Waals surface area (Å²) in [7, 11) is 1.63. The Hall–Kier alpha value is -2.24. The van der Waals surface area contributed by atoms with Gasteiger partial charge in [0.25, 0.3) is 0 Å². The number of rotatable bonds is 6. The zero-order valence-electron chi connectivity index (χ0n) is 15.8. The maximum Gasteiger partial charge on any atom is 0.387 e. The zero-order chi connectivity index (χ0) is 19.9. The number of hydrogen-bond donors (Lipinski definition) is 2. The van der Waals surface area contributed by atoms with Gasteiger partial charge >= 0.3 is 6.61 Å². The first-order valence-corrected chi connectivity index (χ1v) is 8.92. The molecule has 1 aliphatic rings. The molecule has 2 N–H and O–H groups in total. The third kappa shape index (κ3) is 6.38. The molecule has 10 heteroatoms. The van der Waals surface area contributed by atoms with Crippen LogP contribution in [0.5, 0.6) is 5.75 Å². The Morgan fingerprint density at radius 2 is 2.10 bits per heavy atom. The van der Waals surface area contributed by atoms with Crippen LogP contribution in [0.3, 0.4) is 0 Å². The van der Waals surface area contributed by atoms with Crippen molar-refractivity contribution < 1.29 is 17.9 Å². The number of hydrogen-bond acceptors (Lipinski definition) is 4. The molecule has 6 nitrogen and oxygen atoms in total. The maximum absolute atomic E-state index is 13.9. The van der Waals surface area contributed by atoms with Crippen LogP contribution in [0.1, 0.15) is 12.0 Å². The van der Waals surface area contributed by atoms with Crippen LogP contribution >= 0.6 is 24.0 Å². The first kappa shape index (κ1) is 23.0. The molecule has 29 heavy (non-hydrogen) atoms. The molecule has 1 aromatic carbocycles. The number of guanidine groups is 1. The Balaban J connectivity index is 0.00000300. The smallest absolute Gasteiger partial charge is 0.387 e. The number of nitrogens with zero attached hydrogens (tertiary/aromatic N) is 3. The van der Waals surface area contributed by atoms with E-state index in [1.165, 1.54) is 12.1 Å². The van der Waals surface area contributed by atoms with Crippen LogP contribution < -0.4 is 20.3 Å². The molecule has 2 aromatic rings. The molecule has 0 saturated carbocycles. The Kier molecular flexibility index (Phi) is 8.80. The molecular weight excluding hydrogens is 498 g/mol. The number of alkyl halides is 2. The van der Waals surface area contributed by atoms with E-state index < -0.39 is 6.61 Å². The molecule has 1 aromatic heterocycles. The molecule has 0 radical (unpaired) electrons. The minimum atomic E-state index is -2.88. The second-order valence-electron chi connectivity index (χ2n) is 6.30. The number of nitrogens with one attached hydrogen (secondary N) is 2. The number of anilines is 1. The van der Waals surface area contributed by atoms with Gasteiger partial charge in [-0.15, -0.1) is 24.0 Å². The van der Waals surface area contributed by atoms with Gasteiger partial charge in [0.05, 0.1) is 0 Å². The van der Waals surface area contributed by atoms with Crippen molar-refractivity contribution in [3.8, 4) is 5.75 Å². The van der Waals surface area contributed by atoms with Crippen molar-refractivity contribution in [1.29, 1.82) is 0 Å². The quantitative estimate of drug-likeness (QED) is 0.347. The summed E-state index contributed by atoms with van der Waals surface area (Å²) >= 11 is 0. The van der Waals surface area contributed by atoms with Gasteiger partial charge in [0, 0.05) is 44.5 Å². The molecular formula is C19H23F3IN5O. The monoisotopic (exact) mass is 521 g/mol. The average Bonchev–Trinajstić information content (AvgIpc) is 3.14. The van der Waals surface area contributed by atoms with E-state index in [4.69, 9.17) is 0 Å². The molecule has 158 valence electrons. The second-order valence-corrected chi connectivity index (χ2v) is 6.30. The summed E-state index contributed by atoms with van der Waals surface area (Å²) in [6.45, 7) is -1.35. The van der Waals surface area contributed by atoms with E-state index in [0.29, 0.717) is 30.4 Å². The summed E-state index contributed by atoms with van der Waals surface area (Å²) in [6, 6.07) is 9.60. The molecule has 1 fully saturated rings. The van der Waals surface area contributed by atoms with Crippen LogP contribution in [-0.2, 0) is 6.54 Å². The summed E-state index contributed by atoms with van der Waals surface area (Å²) in [5, 5.41) is 6.37. The standard InChI is InChI=1S/C19H22F3N5O.HI/c1-23-19(25-11-13-5-2-3-7-16(13)28-18(21)22)26-14-8-10-27(12-14)17-15(20)6-4-9-24-17;/h2-7,9,14,18H,8,10-12H2,1H3,(H2,23,25,26);1H. The van der Waals surface area contributed by atoms with Crippen molar-refractivity contribution in [3.05, 3.63) is 54.0 Å². The Morgan fingerprint density at radius 3 is 2.83 bits per heavy atom. The van der Waals surface area contributed by atoms with Crippen molar-refractivity contribution in [2.75, 3.05) is 25.0 Å². The average molecular weight is 521 g/mol. The van der Waals surface area contributed by atoms with E-state index in [1.807, 2.05) is 4.90 Å². The fourth-order valence-corrected chi connectivity index (χ4v) is 3.11. The summed E-state index contributed by atoms with van der Waals surface area (Å²) < 4.78 is 43.5. The van der Waals surface area contributed by atoms with Crippen molar-refractivity contribution >= 4 is 35.8 Å². The number of para-hydroxylation sites is 1. The highest BCUT2D eigenvalue weighted by Gasteiger charge is 2.26. The van der Waals surface area contributed by atoms with E-state index in [1.54, 1.807) is 37.5 Å². The van der Waals surface area contributed by atoms with Gasteiger partial charge in [-0.1, -0.05) is 18.2 Å². The molecule has 1 atom stereocenters. The van der Waals surface area contributed by atoms with Gasteiger partial charge in [-0.05, 0) is 24.6 Å². The molecule has 2 heterocycles. The van der Waals surface area contributed by atoms with Crippen LogP contribution in [0, 0.1) is 5.82 Å². The molecule has 0 bridgehead atoms. The van der Waals surface area contributed by atoms with Crippen LogP contribution in [0.25, 0.3) is 0 Å².